The molecule has 0 saturated heterocycles. The van der Waals surface area contributed by atoms with Crippen molar-refractivity contribution < 1.29 is 0 Å². The molecule has 2 aromatic rings. The van der Waals surface area contributed by atoms with Gasteiger partial charge in [-0.1, -0.05) is 74.5 Å². The molecule has 0 bridgehead atoms. The van der Waals surface area contributed by atoms with E-state index in [2.05, 4.69) is 74.5 Å². The molecule has 0 aliphatic rings. The van der Waals surface area contributed by atoms with Gasteiger partial charge in [0, 0.05) is 0 Å². The van der Waals surface area contributed by atoms with Gasteiger partial charge >= 0.3 is 0 Å². The number of rotatable bonds is 4. The second-order valence-electron chi connectivity index (χ2n) is 4.46. The average Bonchev–Trinajstić information content (AvgIpc) is 2.38. The van der Waals surface area contributed by atoms with Crippen LogP contribution in [0.25, 0.3) is 0 Å². The highest BCUT2D eigenvalue weighted by Gasteiger charge is 2.14. The molecular formula is C16H18P. The molecule has 0 amide bonds. The molecule has 0 fully saturated rings. The molecule has 1 heteroatoms. The first-order valence-corrected chi connectivity index (χ1v) is 7.47. The zero-order valence-electron chi connectivity index (χ0n) is 10.4. The maximum Gasteiger partial charge on any atom is -0.0188 e. The van der Waals surface area contributed by atoms with Crippen LogP contribution in [0, 0.1) is 5.92 Å². The third kappa shape index (κ3) is 3.41. The Kier molecular flexibility index (Phi) is 4.34. The van der Waals surface area contributed by atoms with Crippen LogP contribution in [0.5, 0.6) is 0 Å². The maximum absolute atomic E-state index is 2.25. The third-order valence-corrected chi connectivity index (χ3v) is 5.40. The van der Waals surface area contributed by atoms with Gasteiger partial charge in [-0.05, 0) is 30.6 Å². The van der Waals surface area contributed by atoms with Gasteiger partial charge in [0.1, 0.15) is 0 Å². The summed E-state index contributed by atoms with van der Waals surface area (Å²) >= 11 is 0. The Hall–Kier alpha value is -1.13. The second-order valence-corrected chi connectivity index (χ2v) is 6.67. The van der Waals surface area contributed by atoms with Crippen LogP contribution in [0.2, 0.25) is 0 Å². The summed E-state index contributed by atoms with van der Waals surface area (Å²) in [5, 5.41) is 2.94. The van der Waals surface area contributed by atoms with Crippen LogP contribution >= 0.6 is 7.92 Å². The minimum absolute atomic E-state index is 0.227. The Morgan fingerprint density at radius 3 is 1.53 bits per heavy atom. The van der Waals surface area contributed by atoms with Crippen molar-refractivity contribution in [3.8, 4) is 0 Å². The Morgan fingerprint density at radius 1 is 0.765 bits per heavy atom. The fraction of sp³-hybridized carbons (Fsp3) is 0.188. The summed E-state index contributed by atoms with van der Waals surface area (Å²) in [4.78, 5) is 0. The molecular weight excluding hydrogens is 223 g/mol. The van der Waals surface area contributed by atoms with Crippen LogP contribution in [0.15, 0.2) is 60.7 Å². The first-order chi connectivity index (χ1) is 8.27. The second kappa shape index (κ2) is 5.98. The van der Waals surface area contributed by atoms with Gasteiger partial charge in [0.2, 0.25) is 0 Å². The minimum atomic E-state index is -0.227. The van der Waals surface area contributed by atoms with Gasteiger partial charge in [-0.2, -0.15) is 0 Å². The van der Waals surface area contributed by atoms with Gasteiger partial charge in [-0.15, -0.1) is 0 Å². The van der Waals surface area contributed by atoms with E-state index in [1.807, 2.05) is 0 Å². The summed E-state index contributed by atoms with van der Waals surface area (Å²) in [6.07, 6.45) is 1.18. The van der Waals surface area contributed by atoms with E-state index in [1.165, 1.54) is 22.7 Å². The molecule has 17 heavy (non-hydrogen) atoms. The predicted octanol–water partition coefficient (Wildman–Crippen LogP) is 3.73. The van der Waals surface area contributed by atoms with E-state index in [0.717, 1.165) is 0 Å². The van der Waals surface area contributed by atoms with Crippen LogP contribution in [0.1, 0.15) is 13.8 Å². The molecule has 1 radical (unpaired) electrons. The topological polar surface area (TPSA) is 0 Å². The van der Waals surface area contributed by atoms with Gasteiger partial charge in [0.25, 0.3) is 0 Å². The van der Waals surface area contributed by atoms with Crippen LogP contribution < -0.4 is 10.6 Å². The molecule has 2 rings (SSSR count). The minimum Gasteiger partial charge on any atom is -0.0622 e. The van der Waals surface area contributed by atoms with Crippen molar-refractivity contribution in [2.24, 2.45) is 0 Å². The highest BCUT2D eigenvalue weighted by molar-refractivity contribution is 7.73. The van der Waals surface area contributed by atoms with Crippen molar-refractivity contribution in [3.05, 3.63) is 66.6 Å². The van der Waals surface area contributed by atoms with E-state index >= 15 is 0 Å². The number of benzene rings is 2. The molecule has 0 nitrogen and oxygen atoms in total. The molecule has 2 aromatic carbocycles. The van der Waals surface area contributed by atoms with Crippen LogP contribution in [-0.4, -0.2) is 6.16 Å². The van der Waals surface area contributed by atoms with E-state index in [9.17, 15) is 0 Å². The van der Waals surface area contributed by atoms with Crippen LogP contribution in [0.3, 0.4) is 0 Å². The molecule has 0 spiro atoms. The molecule has 0 aromatic heterocycles. The van der Waals surface area contributed by atoms with Gasteiger partial charge in [0.15, 0.2) is 0 Å². The van der Waals surface area contributed by atoms with Gasteiger partial charge in [-0.3, -0.25) is 0 Å². The summed E-state index contributed by atoms with van der Waals surface area (Å²) in [5.74, 6) is 1.50. The van der Waals surface area contributed by atoms with Crippen molar-refractivity contribution in [1.82, 2.24) is 0 Å². The number of hydrogen-bond donors (Lipinski definition) is 0. The lowest BCUT2D eigenvalue weighted by Gasteiger charge is -2.20. The average molecular weight is 241 g/mol. The lowest BCUT2D eigenvalue weighted by Crippen LogP contribution is -2.15. The first kappa shape index (κ1) is 12.3. The Bertz CT molecular complexity index is 394. The van der Waals surface area contributed by atoms with Crippen molar-refractivity contribution in [3.63, 3.8) is 0 Å². The lowest BCUT2D eigenvalue weighted by atomic mass is 10.3. The summed E-state index contributed by atoms with van der Waals surface area (Å²) in [7, 11) is -0.227. The van der Waals surface area contributed by atoms with E-state index in [4.69, 9.17) is 0 Å². The number of hydrogen-bond acceptors (Lipinski definition) is 0. The summed E-state index contributed by atoms with van der Waals surface area (Å²) in [5.41, 5.74) is 0. The van der Waals surface area contributed by atoms with Gasteiger partial charge in [0.05, 0.1) is 0 Å². The molecule has 0 unspecified atom stereocenters. The zero-order valence-corrected chi connectivity index (χ0v) is 11.3. The first-order valence-electron chi connectivity index (χ1n) is 5.94. The smallest absolute Gasteiger partial charge is 0.0188 e. The molecule has 0 aliphatic heterocycles. The fourth-order valence-corrected chi connectivity index (χ4v) is 4.22. The molecule has 0 heterocycles. The van der Waals surface area contributed by atoms with Crippen molar-refractivity contribution in [2.45, 2.75) is 13.8 Å². The summed E-state index contributed by atoms with van der Waals surface area (Å²) in [6.45, 7) is 4.45. The van der Waals surface area contributed by atoms with E-state index < -0.39 is 0 Å². The quantitative estimate of drug-likeness (QED) is 0.715. The Labute approximate surface area is 105 Å². The standard InChI is InChI=1S/C16H18P/c1-14(2)13-17(15-9-5-3-6-10-15)16-11-7-4-8-12-16/h3-12H,13H2,1-2H3. The summed E-state index contributed by atoms with van der Waals surface area (Å²) < 4.78 is 0. The van der Waals surface area contributed by atoms with Crippen molar-refractivity contribution in [1.29, 1.82) is 0 Å². The van der Waals surface area contributed by atoms with Gasteiger partial charge in [-0.25, -0.2) is 0 Å². The highest BCUT2D eigenvalue weighted by atomic mass is 31.1. The normalized spacial score (nSPS) is 11.1. The van der Waals surface area contributed by atoms with E-state index in [1.54, 1.807) is 0 Å². The van der Waals surface area contributed by atoms with E-state index in [-0.39, 0.29) is 7.92 Å². The van der Waals surface area contributed by atoms with Gasteiger partial charge < -0.3 is 0 Å². The van der Waals surface area contributed by atoms with E-state index in [0.29, 0.717) is 0 Å². The maximum atomic E-state index is 2.25. The van der Waals surface area contributed by atoms with Crippen LogP contribution in [0.4, 0.5) is 0 Å². The molecule has 0 aliphatic carbocycles. The molecule has 0 atom stereocenters. The lowest BCUT2D eigenvalue weighted by molar-refractivity contribution is 1.11. The largest absolute Gasteiger partial charge is 0.0622 e. The molecule has 0 saturated carbocycles. The SMILES string of the molecule is C[C](C)CP(c1ccccc1)c1ccccc1. The van der Waals surface area contributed by atoms with Crippen molar-refractivity contribution in [2.75, 3.05) is 6.16 Å². The van der Waals surface area contributed by atoms with Crippen molar-refractivity contribution >= 4 is 18.5 Å². The Morgan fingerprint density at radius 2 is 1.18 bits per heavy atom. The predicted molar refractivity (Wildman–Crippen MR) is 78.5 cm³/mol. The third-order valence-electron chi connectivity index (χ3n) is 2.61. The summed E-state index contributed by atoms with van der Waals surface area (Å²) in [6, 6.07) is 21.7. The Balaban J connectivity index is 2.32. The molecule has 0 N–H and O–H groups in total. The highest BCUT2D eigenvalue weighted by Crippen LogP contribution is 2.35. The molecule has 87 valence electrons. The monoisotopic (exact) mass is 241 g/mol. The van der Waals surface area contributed by atoms with Crippen LogP contribution in [-0.2, 0) is 0 Å². The zero-order chi connectivity index (χ0) is 12.1. The fourth-order valence-electron chi connectivity index (χ4n) is 1.86.